The van der Waals surface area contributed by atoms with Gasteiger partial charge in [-0.2, -0.15) is 0 Å². The Morgan fingerprint density at radius 2 is 1.40 bits per heavy atom. The third-order valence-corrected chi connectivity index (χ3v) is 8.81. The van der Waals surface area contributed by atoms with Crippen molar-refractivity contribution in [2.75, 3.05) is 24.7 Å². The molecule has 1 amide bonds. The summed E-state index contributed by atoms with van der Waals surface area (Å²) in [5.41, 5.74) is 3.51. The molecule has 278 valence electrons. The molecular weight excluding hydrogens is 677 g/mol. The number of aliphatic hydroxyl groups excluding tert-OH is 1. The van der Waals surface area contributed by atoms with Crippen molar-refractivity contribution < 1.29 is 42.9 Å². The monoisotopic (exact) mass is 723 g/mol. The number of nitrogens with zero attached hydrogens (tertiary/aromatic N) is 1. The van der Waals surface area contributed by atoms with Crippen LogP contribution in [0.4, 0.5) is 10.1 Å². The SMILES string of the molecule is CCCCOC(=O)C(CC#Cc1ccc([C@@H]2[C@@H](CC[C@H](OC(C)=O)c3ccc(F)cc3)C(=O)N2c2ccc(C#CCO)cc2)cc1)C(=O)OCCCC. The zero-order chi connectivity index (χ0) is 38.2. The molecule has 3 aromatic carbocycles. The van der Waals surface area contributed by atoms with Crippen LogP contribution in [0, 0.1) is 41.3 Å². The summed E-state index contributed by atoms with van der Waals surface area (Å²) in [5.74, 6) is 7.60. The molecule has 0 spiro atoms. The van der Waals surface area contributed by atoms with E-state index in [2.05, 4.69) is 23.7 Å². The van der Waals surface area contributed by atoms with Gasteiger partial charge in [0.25, 0.3) is 0 Å². The maximum atomic E-state index is 13.8. The van der Waals surface area contributed by atoms with Crippen LogP contribution >= 0.6 is 0 Å². The van der Waals surface area contributed by atoms with Crippen LogP contribution in [0.25, 0.3) is 0 Å². The summed E-state index contributed by atoms with van der Waals surface area (Å²) in [6.07, 6.45) is 3.10. The van der Waals surface area contributed by atoms with E-state index in [1.165, 1.54) is 19.1 Å². The molecule has 4 rings (SSSR count). The number of ether oxygens (including phenoxy) is 3. The standard InChI is InChI=1S/C43H46FNO8/c1-4-6-28-51-42(49)38(43(50)52-29-7-5-2)12-8-10-31-13-17-34(18-14-31)40-37(25-26-39(53-30(3)47)33-19-21-35(44)22-20-33)41(48)45(40)36-23-15-32(16-24-36)11-9-27-46/h13-24,37-40,46H,4-7,12,25-29H2,1-3H3/t37-,39+,40-/m1/s1. The van der Waals surface area contributed by atoms with Crippen molar-refractivity contribution in [1.82, 2.24) is 0 Å². The molecule has 53 heavy (non-hydrogen) atoms. The van der Waals surface area contributed by atoms with E-state index in [0.29, 0.717) is 48.1 Å². The van der Waals surface area contributed by atoms with Crippen LogP contribution in [-0.4, -0.2) is 48.7 Å². The average molecular weight is 724 g/mol. The van der Waals surface area contributed by atoms with Crippen molar-refractivity contribution in [2.24, 2.45) is 11.8 Å². The third-order valence-electron chi connectivity index (χ3n) is 8.81. The Balaban J connectivity index is 1.56. The molecule has 0 aliphatic carbocycles. The highest BCUT2D eigenvalue weighted by Gasteiger charge is 2.48. The minimum absolute atomic E-state index is 0.0547. The Hall–Kier alpha value is -5.45. The van der Waals surface area contributed by atoms with Crippen molar-refractivity contribution in [3.05, 3.63) is 101 Å². The second-order valence-electron chi connectivity index (χ2n) is 12.7. The minimum Gasteiger partial charge on any atom is -0.465 e. The van der Waals surface area contributed by atoms with Crippen LogP contribution in [0.5, 0.6) is 0 Å². The number of hydrogen-bond donors (Lipinski definition) is 1. The number of halogens is 1. The van der Waals surface area contributed by atoms with Gasteiger partial charge in [0, 0.05) is 30.2 Å². The molecule has 1 heterocycles. The molecule has 9 nitrogen and oxygen atoms in total. The van der Waals surface area contributed by atoms with Crippen molar-refractivity contribution in [3.8, 4) is 23.7 Å². The highest BCUT2D eigenvalue weighted by atomic mass is 19.1. The highest BCUT2D eigenvalue weighted by Crippen LogP contribution is 2.46. The zero-order valence-electron chi connectivity index (χ0n) is 30.4. The fourth-order valence-electron chi connectivity index (χ4n) is 5.97. The molecule has 3 atom stereocenters. The van der Waals surface area contributed by atoms with E-state index >= 15 is 0 Å². The lowest BCUT2D eigenvalue weighted by molar-refractivity contribution is -0.162. The van der Waals surface area contributed by atoms with Crippen LogP contribution in [0.3, 0.4) is 0 Å². The first-order valence-corrected chi connectivity index (χ1v) is 18.0. The van der Waals surface area contributed by atoms with Gasteiger partial charge in [-0.15, -0.1) is 0 Å². The van der Waals surface area contributed by atoms with Gasteiger partial charge >= 0.3 is 17.9 Å². The van der Waals surface area contributed by atoms with E-state index in [-0.39, 0.29) is 38.2 Å². The minimum atomic E-state index is -1.14. The molecule has 1 N–H and O–H groups in total. The summed E-state index contributed by atoms with van der Waals surface area (Å²) in [4.78, 5) is 52.9. The van der Waals surface area contributed by atoms with Crippen LogP contribution in [0.2, 0.25) is 0 Å². The predicted molar refractivity (Wildman–Crippen MR) is 197 cm³/mol. The number of hydrogen-bond acceptors (Lipinski definition) is 8. The Morgan fingerprint density at radius 1 is 0.830 bits per heavy atom. The number of unbranched alkanes of at least 4 members (excludes halogenated alkanes) is 2. The number of amides is 1. The molecular formula is C43H46FNO8. The lowest BCUT2D eigenvalue weighted by Crippen LogP contribution is -2.55. The van der Waals surface area contributed by atoms with Crippen LogP contribution in [0.15, 0.2) is 72.8 Å². The fourth-order valence-corrected chi connectivity index (χ4v) is 5.97. The Labute approximate surface area is 310 Å². The van der Waals surface area contributed by atoms with Gasteiger partial charge in [0.2, 0.25) is 5.91 Å². The average Bonchev–Trinajstić information content (AvgIpc) is 3.15. The van der Waals surface area contributed by atoms with Gasteiger partial charge in [-0.05, 0) is 85.3 Å². The Morgan fingerprint density at radius 3 is 1.94 bits per heavy atom. The summed E-state index contributed by atoms with van der Waals surface area (Å²) in [7, 11) is 0. The Kier molecular flexibility index (Phi) is 15.6. The smallest absolute Gasteiger partial charge is 0.321 e. The van der Waals surface area contributed by atoms with Crippen LogP contribution in [0.1, 0.15) is 100 Å². The van der Waals surface area contributed by atoms with E-state index in [4.69, 9.17) is 19.3 Å². The normalized spacial score (nSPS) is 15.3. The van der Waals surface area contributed by atoms with Crippen molar-refractivity contribution in [3.63, 3.8) is 0 Å². The van der Waals surface area contributed by atoms with Gasteiger partial charge in [0.1, 0.15) is 18.5 Å². The first-order valence-electron chi connectivity index (χ1n) is 18.0. The highest BCUT2D eigenvalue weighted by molar-refractivity contribution is 6.03. The first kappa shape index (κ1) is 40.3. The van der Waals surface area contributed by atoms with E-state index in [1.54, 1.807) is 41.3 Å². The van der Waals surface area contributed by atoms with E-state index in [9.17, 15) is 23.6 Å². The molecule has 10 heteroatoms. The predicted octanol–water partition coefficient (Wildman–Crippen LogP) is 7.00. The molecule has 0 bridgehead atoms. The summed E-state index contributed by atoms with van der Waals surface area (Å²) in [6.45, 7) is 5.46. The summed E-state index contributed by atoms with van der Waals surface area (Å²) >= 11 is 0. The number of carbonyl (C=O) groups is 4. The van der Waals surface area contributed by atoms with Gasteiger partial charge in [-0.1, -0.05) is 74.6 Å². The largest absolute Gasteiger partial charge is 0.465 e. The summed E-state index contributed by atoms with van der Waals surface area (Å²) in [6, 6.07) is 20.0. The molecule has 0 aromatic heterocycles. The van der Waals surface area contributed by atoms with Gasteiger partial charge in [0.15, 0.2) is 5.92 Å². The molecule has 0 saturated carbocycles. The van der Waals surface area contributed by atoms with E-state index in [0.717, 1.165) is 18.4 Å². The number of anilines is 1. The van der Waals surface area contributed by atoms with E-state index in [1.807, 2.05) is 38.1 Å². The molecule has 3 aromatic rings. The van der Waals surface area contributed by atoms with Crippen LogP contribution < -0.4 is 4.90 Å². The molecule has 1 aliphatic heterocycles. The number of carbonyl (C=O) groups excluding carboxylic acids is 4. The fraction of sp³-hybridized carbons (Fsp3) is 0.395. The summed E-state index contributed by atoms with van der Waals surface area (Å²) in [5, 5.41) is 9.06. The molecule has 0 unspecified atom stereocenters. The number of aliphatic hydroxyl groups is 1. The first-order chi connectivity index (χ1) is 25.7. The Bertz CT molecular complexity index is 1790. The lowest BCUT2D eigenvalue weighted by Gasteiger charge is -2.48. The second-order valence-corrected chi connectivity index (χ2v) is 12.7. The quantitative estimate of drug-likeness (QED) is 0.0419. The van der Waals surface area contributed by atoms with Gasteiger partial charge in [-0.3, -0.25) is 19.2 Å². The second kappa shape index (κ2) is 20.6. The zero-order valence-corrected chi connectivity index (χ0v) is 30.4. The summed E-state index contributed by atoms with van der Waals surface area (Å²) < 4.78 is 29.9. The molecule has 1 aliphatic rings. The van der Waals surface area contributed by atoms with Crippen molar-refractivity contribution >= 4 is 29.5 Å². The number of esters is 3. The number of β-lactam (4-membered cyclic amide) rings is 1. The molecule has 0 radical (unpaired) electrons. The number of rotatable bonds is 16. The van der Waals surface area contributed by atoms with Gasteiger partial charge in [0.05, 0.1) is 25.2 Å². The molecule has 1 fully saturated rings. The maximum absolute atomic E-state index is 13.8. The maximum Gasteiger partial charge on any atom is 0.321 e. The lowest BCUT2D eigenvalue weighted by atomic mass is 9.78. The van der Waals surface area contributed by atoms with Crippen molar-refractivity contribution in [2.45, 2.75) is 77.9 Å². The van der Waals surface area contributed by atoms with Gasteiger partial charge in [-0.25, -0.2) is 4.39 Å². The van der Waals surface area contributed by atoms with Gasteiger partial charge < -0.3 is 24.2 Å². The molecule has 1 saturated heterocycles. The van der Waals surface area contributed by atoms with E-state index < -0.39 is 41.7 Å². The third kappa shape index (κ3) is 11.5. The topological polar surface area (TPSA) is 119 Å². The van der Waals surface area contributed by atoms with Crippen LogP contribution in [-0.2, 0) is 33.4 Å². The van der Waals surface area contributed by atoms with Crippen molar-refractivity contribution in [1.29, 1.82) is 0 Å². The number of benzene rings is 3.